The lowest BCUT2D eigenvalue weighted by atomic mass is 9.77. The Labute approximate surface area is 138 Å². The van der Waals surface area contributed by atoms with Crippen molar-refractivity contribution in [2.45, 2.75) is 40.0 Å². The highest BCUT2D eigenvalue weighted by Gasteiger charge is 2.26. The van der Waals surface area contributed by atoms with Crippen molar-refractivity contribution in [3.63, 3.8) is 0 Å². The van der Waals surface area contributed by atoms with Gasteiger partial charge in [0, 0.05) is 23.2 Å². The molecule has 1 heterocycles. The fourth-order valence-corrected chi connectivity index (χ4v) is 3.60. The third-order valence-corrected chi connectivity index (χ3v) is 5.12. The molecule has 1 fully saturated rings. The van der Waals surface area contributed by atoms with Gasteiger partial charge in [0.25, 0.3) is 0 Å². The van der Waals surface area contributed by atoms with Crippen molar-refractivity contribution in [2.24, 2.45) is 11.3 Å². The van der Waals surface area contributed by atoms with E-state index in [-0.39, 0.29) is 0 Å². The second kappa shape index (κ2) is 7.64. The van der Waals surface area contributed by atoms with Crippen LogP contribution in [0.2, 0.25) is 0 Å². The molecule has 0 amide bonds. The van der Waals surface area contributed by atoms with Crippen LogP contribution < -0.4 is 5.32 Å². The van der Waals surface area contributed by atoms with Gasteiger partial charge in [-0.15, -0.1) is 0 Å². The molecule has 1 atom stereocenters. The first-order chi connectivity index (χ1) is 9.95. The normalized spacial score (nSPS) is 21.0. The number of nitrogens with zero attached hydrogens (tertiary/aromatic N) is 1. The van der Waals surface area contributed by atoms with Crippen LogP contribution in [0.15, 0.2) is 28.7 Å². The summed E-state index contributed by atoms with van der Waals surface area (Å²) in [6, 6.07) is 8.40. The SMILES string of the molecule is CC(C)(C)C1CCCN(CCNc2cccc(Br)c2)CC1. The fraction of sp³-hybridized carbons (Fsp3) is 0.667. The van der Waals surface area contributed by atoms with E-state index >= 15 is 0 Å². The Morgan fingerprint density at radius 3 is 2.76 bits per heavy atom. The van der Waals surface area contributed by atoms with Gasteiger partial charge >= 0.3 is 0 Å². The van der Waals surface area contributed by atoms with Crippen molar-refractivity contribution >= 4 is 21.6 Å². The van der Waals surface area contributed by atoms with E-state index in [4.69, 9.17) is 0 Å². The topological polar surface area (TPSA) is 15.3 Å². The molecule has 1 unspecified atom stereocenters. The summed E-state index contributed by atoms with van der Waals surface area (Å²) in [5.41, 5.74) is 1.66. The largest absolute Gasteiger partial charge is 0.384 e. The van der Waals surface area contributed by atoms with Gasteiger partial charge in [0.1, 0.15) is 0 Å². The minimum atomic E-state index is 0.463. The third-order valence-electron chi connectivity index (χ3n) is 4.63. The van der Waals surface area contributed by atoms with E-state index in [0.717, 1.165) is 23.5 Å². The van der Waals surface area contributed by atoms with Crippen LogP contribution in [0.25, 0.3) is 0 Å². The van der Waals surface area contributed by atoms with Crippen LogP contribution >= 0.6 is 15.9 Å². The maximum absolute atomic E-state index is 3.52. The molecule has 1 aliphatic heterocycles. The first-order valence-electron chi connectivity index (χ1n) is 8.17. The van der Waals surface area contributed by atoms with Crippen molar-refractivity contribution in [3.05, 3.63) is 28.7 Å². The van der Waals surface area contributed by atoms with Gasteiger partial charge < -0.3 is 10.2 Å². The van der Waals surface area contributed by atoms with Gasteiger partial charge in [0.05, 0.1) is 0 Å². The minimum Gasteiger partial charge on any atom is -0.384 e. The second-order valence-corrected chi connectivity index (χ2v) is 8.19. The molecule has 0 aliphatic carbocycles. The molecule has 0 saturated carbocycles. The molecule has 3 heteroatoms. The molecule has 0 spiro atoms. The van der Waals surface area contributed by atoms with E-state index in [2.05, 4.69) is 71.2 Å². The molecule has 0 radical (unpaired) electrons. The van der Waals surface area contributed by atoms with Gasteiger partial charge in [0.2, 0.25) is 0 Å². The molecule has 1 aliphatic rings. The maximum Gasteiger partial charge on any atom is 0.0351 e. The zero-order valence-electron chi connectivity index (χ0n) is 13.7. The van der Waals surface area contributed by atoms with E-state index in [9.17, 15) is 0 Å². The first-order valence-corrected chi connectivity index (χ1v) is 8.96. The van der Waals surface area contributed by atoms with Gasteiger partial charge in [-0.1, -0.05) is 42.8 Å². The summed E-state index contributed by atoms with van der Waals surface area (Å²) in [4.78, 5) is 2.62. The van der Waals surface area contributed by atoms with E-state index < -0.39 is 0 Å². The molecule has 1 aromatic carbocycles. The molecule has 1 aromatic rings. The zero-order valence-corrected chi connectivity index (χ0v) is 15.2. The van der Waals surface area contributed by atoms with Crippen LogP contribution in [0.1, 0.15) is 40.0 Å². The standard InChI is InChI=1S/C18H29BrN2/c1-18(2,3)15-6-5-11-21(12-9-15)13-10-20-17-8-4-7-16(19)14-17/h4,7-8,14-15,20H,5-6,9-13H2,1-3H3. The molecular weight excluding hydrogens is 324 g/mol. The van der Waals surface area contributed by atoms with Crippen LogP contribution in [0.3, 0.4) is 0 Å². The highest BCUT2D eigenvalue weighted by molar-refractivity contribution is 9.10. The first kappa shape index (κ1) is 16.8. The number of halogens is 1. The summed E-state index contributed by atoms with van der Waals surface area (Å²) in [5, 5.41) is 3.52. The molecule has 0 aromatic heterocycles. The van der Waals surface area contributed by atoms with E-state index in [1.807, 2.05) is 0 Å². The highest BCUT2D eigenvalue weighted by Crippen LogP contribution is 2.34. The monoisotopic (exact) mass is 352 g/mol. The maximum atomic E-state index is 3.52. The van der Waals surface area contributed by atoms with Crippen molar-refractivity contribution in [3.8, 4) is 0 Å². The van der Waals surface area contributed by atoms with Gasteiger partial charge in [-0.05, 0) is 61.9 Å². The van der Waals surface area contributed by atoms with Crippen molar-refractivity contribution in [2.75, 3.05) is 31.5 Å². The average Bonchev–Trinajstić information content (AvgIpc) is 2.64. The Morgan fingerprint density at radius 2 is 2.05 bits per heavy atom. The van der Waals surface area contributed by atoms with Crippen molar-refractivity contribution < 1.29 is 0 Å². The number of nitrogens with one attached hydrogen (secondary N) is 1. The number of likely N-dealkylation sites (tertiary alicyclic amines) is 1. The summed E-state index contributed by atoms with van der Waals surface area (Å²) >= 11 is 3.52. The van der Waals surface area contributed by atoms with Crippen LogP contribution in [0.4, 0.5) is 5.69 Å². The Balaban J connectivity index is 1.74. The predicted octanol–water partition coefficient (Wildman–Crippen LogP) is 5.01. The number of rotatable bonds is 4. The van der Waals surface area contributed by atoms with Crippen molar-refractivity contribution in [1.29, 1.82) is 0 Å². The lowest BCUT2D eigenvalue weighted by Gasteiger charge is -2.29. The van der Waals surface area contributed by atoms with Gasteiger partial charge in [-0.25, -0.2) is 0 Å². The molecule has 0 bridgehead atoms. The summed E-state index contributed by atoms with van der Waals surface area (Å²) in [6.45, 7) is 11.8. The Hall–Kier alpha value is -0.540. The van der Waals surface area contributed by atoms with Crippen molar-refractivity contribution in [1.82, 2.24) is 4.90 Å². The molecule has 2 rings (SSSR count). The van der Waals surface area contributed by atoms with Crippen LogP contribution in [0, 0.1) is 11.3 Å². The van der Waals surface area contributed by atoms with Gasteiger partial charge in [-0.3, -0.25) is 0 Å². The second-order valence-electron chi connectivity index (χ2n) is 7.27. The van der Waals surface area contributed by atoms with E-state index in [1.54, 1.807) is 0 Å². The van der Waals surface area contributed by atoms with E-state index in [0.29, 0.717) is 5.41 Å². The predicted molar refractivity (Wildman–Crippen MR) is 95.9 cm³/mol. The molecule has 2 nitrogen and oxygen atoms in total. The lowest BCUT2D eigenvalue weighted by Crippen LogP contribution is -2.30. The summed E-state index contributed by atoms with van der Waals surface area (Å²) in [7, 11) is 0. The summed E-state index contributed by atoms with van der Waals surface area (Å²) < 4.78 is 1.13. The molecular formula is C18H29BrN2. The number of anilines is 1. The fourth-order valence-electron chi connectivity index (χ4n) is 3.20. The van der Waals surface area contributed by atoms with Gasteiger partial charge in [0.15, 0.2) is 0 Å². The zero-order chi connectivity index (χ0) is 15.3. The van der Waals surface area contributed by atoms with Crippen LogP contribution in [-0.4, -0.2) is 31.1 Å². The molecule has 1 saturated heterocycles. The van der Waals surface area contributed by atoms with Crippen LogP contribution in [0.5, 0.6) is 0 Å². The highest BCUT2D eigenvalue weighted by atomic mass is 79.9. The number of benzene rings is 1. The summed E-state index contributed by atoms with van der Waals surface area (Å²) in [5.74, 6) is 0.875. The van der Waals surface area contributed by atoms with Gasteiger partial charge in [-0.2, -0.15) is 0 Å². The average molecular weight is 353 g/mol. The Kier molecular flexibility index (Phi) is 6.12. The lowest BCUT2D eigenvalue weighted by molar-refractivity contribution is 0.209. The number of hydrogen-bond acceptors (Lipinski definition) is 2. The number of hydrogen-bond donors (Lipinski definition) is 1. The quantitative estimate of drug-likeness (QED) is 0.819. The summed E-state index contributed by atoms with van der Waals surface area (Å²) in [6.07, 6.45) is 4.08. The van der Waals surface area contributed by atoms with Crippen LogP contribution in [-0.2, 0) is 0 Å². The minimum absolute atomic E-state index is 0.463. The Bertz CT molecular complexity index is 439. The van der Waals surface area contributed by atoms with E-state index in [1.165, 1.54) is 38.0 Å². The molecule has 1 N–H and O–H groups in total. The molecule has 118 valence electrons. The smallest absolute Gasteiger partial charge is 0.0351 e. The Morgan fingerprint density at radius 1 is 1.24 bits per heavy atom. The molecule has 21 heavy (non-hydrogen) atoms. The third kappa shape index (κ3) is 5.63.